The fraction of sp³-hybridized carbons (Fsp3) is 0.471. The molecule has 1 aliphatic heterocycles. The number of morpholine rings is 1. The van der Waals surface area contributed by atoms with Gasteiger partial charge in [-0.3, -0.25) is 9.69 Å². The Hall–Kier alpha value is -1.85. The molecule has 0 unspecified atom stereocenters. The quantitative estimate of drug-likeness (QED) is 0.882. The molecule has 2 heterocycles. The molecule has 22 heavy (non-hydrogen) atoms. The molecule has 118 valence electrons. The molecule has 5 heteroatoms. The fourth-order valence-corrected chi connectivity index (χ4v) is 3.16. The Kier molecular flexibility index (Phi) is 4.18. The zero-order valence-corrected chi connectivity index (χ0v) is 13.3. The Labute approximate surface area is 130 Å². The second-order valence-electron chi connectivity index (χ2n) is 5.99. The SMILES string of the molecule is COc1ccc2c(C(=O)CN3C[C@H](C)O[C@@H](C)C3)c[nH]c2c1. The zero-order valence-electron chi connectivity index (χ0n) is 13.3. The van der Waals surface area contributed by atoms with Crippen LogP contribution in [0.15, 0.2) is 24.4 Å². The van der Waals surface area contributed by atoms with Crippen molar-refractivity contribution in [1.29, 1.82) is 0 Å². The monoisotopic (exact) mass is 302 g/mol. The van der Waals surface area contributed by atoms with Crippen molar-refractivity contribution in [1.82, 2.24) is 9.88 Å². The van der Waals surface area contributed by atoms with E-state index in [1.165, 1.54) is 0 Å². The number of H-pyrrole nitrogens is 1. The number of ketones is 1. The minimum atomic E-state index is 0.137. The maximum absolute atomic E-state index is 12.6. The van der Waals surface area contributed by atoms with Crippen molar-refractivity contribution in [2.75, 3.05) is 26.7 Å². The fourth-order valence-electron chi connectivity index (χ4n) is 3.16. The normalized spacial score (nSPS) is 22.9. The van der Waals surface area contributed by atoms with Gasteiger partial charge in [0, 0.05) is 41.8 Å². The van der Waals surface area contributed by atoms with Gasteiger partial charge in [-0.15, -0.1) is 0 Å². The van der Waals surface area contributed by atoms with Gasteiger partial charge in [0.25, 0.3) is 0 Å². The molecule has 0 saturated carbocycles. The second kappa shape index (κ2) is 6.10. The average Bonchev–Trinajstić information content (AvgIpc) is 2.88. The summed E-state index contributed by atoms with van der Waals surface area (Å²) in [7, 11) is 1.64. The molecule has 3 rings (SSSR count). The molecule has 1 aromatic heterocycles. The van der Waals surface area contributed by atoms with E-state index in [1.54, 1.807) is 13.3 Å². The lowest BCUT2D eigenvalue weighted by molar-refractivity contribution is -0.0652. The summed E-state index contributed by atoms with van der Waals surface area (Å²) in [5.74, 6) is 0.918. The Morgan fingerprint density at radius 3 is 2.77 bits per heavy atom. The van der Waals surface area contributed by atoms with Crippen LogP contribution in [-0.4, -0.2) is 54.6 Å². The third-order valence-electron chi connectivity index (χ3n) is 4.05. The van der Waals surface area contributed by atoms with Crippen LogP contribution in [0.1, 0.15) is 24.2 Å². The van der Waals surface area contributed by atoms with Gasteiger partial charge in [-0.05, 0) is 26.0 Å². The number of benzene rings is 1. The third-order valence-corrected chi connectivity index (χ3v) is 4.05. The third kappa shape index (κ3) is 3.00. The van der Waals surface area contributed by atoms with Crippen LogP contribution >= 0.6 is 0 Å². The summed E-state index contributed by atoms with van der Waals surface area (Å²) < 4.78 is 10.9. The van der Waals surface area contributed by atoms with Gasteiger partial charge in [-0.2, -0.15) is 0 Å². The van der Waals surface area contributed by atoms with E-state index in [0.717, 1.165) is 35.3 Å². The first kappa shape index (κ1) is 15.1. The molecule has 5 nitrogen and oxygen atoms in total. The van der Waals surface area contributed by atoms with E-state index >= 15 is 0 Å². The molecule has 1 saturated heterocycles. The van der Waals surface area contributed by atoms with Crippen molar-refractivity contribution >= 4 is 16.7 Å². The standard InChI is InChI=1S/C17H22N2O3/c1-11-8-19(9-12(2)22-11)10-17(20)15-7-18-16-6-13(21-3)4-5-14(15)16/h4-7,11-12,18H,8-10H2,1-3H3/t11-,12-/m0/s1. The summed E-state index contributed by atoms with van der Waals surface area (Å²) >= 11 is 0. The Morgan fingerprint density at radius 2 is 2.09 bits per heavy atom. The molecule has 0 spiro atoms. The number of ether oxygens (including phenoxy) is 2. The molecule has 0 amide bonds. The Morgan fingerprint density at radius 1 is 1.36 bits per heavy atom. The topological polar surface area (TPSA) is 54.6 Å². The number of carbonyl (C=O) groups excluding carboxylic acids is 1. The highest BCUT2D eigenvalue weighted by Gasteiger charge is 2.24. The number of nitrogens with one attached hydrogen (secondary N) is 1. The summed E-state index contributed by atoms with van der Waals surface area (Å²) in [6.45, 7) is 6.12. The maximum atomic E-state index is 12.6. The lowest BCUT2D eigenvalue weighted by atomic mass is 10.1. The van der Waals surface area contributed by atoms with E-state index < -0.39 is 0 Å². The number of fused-ring (bicyclic) bond motifs is 1. The number of aromatic nitrogens is 1. The predicted molar refractivity (Wildman–Crippen MR) is 85.6 cm³/mol. The molecule has 1 aromatic carbocycles. The van der Waals surface area contributed by atoms with E-state index in [1.807, 2.05) is 32.0 Å². The van der Waals surface area contributed by atoms with E-state index in [0.29, 0.717) is 6.54 Å². The van der Waals surface area contributed by atoms with Crippen LogP contribution < -0.4 is 4.74 Å². The lowest BCUT2D eigenvalue weighted by Gasteiger charge is -2.34. The number of nitrogens with zero attached hydrogens (tertiary/aromatic N) is 1. The van der Waals surface area contributed by atoms with Crippen LogP contribution in [0.4, 0.5) is 0 Å². The number of hydrogen-bond acceptors (Lipinski definition) is 4. The summed E-state index contributed by atoms with van der Waals surface area (Å²) in [5, 5.41) is 0.945. The smallest absolute Gasteiger partial charge is 0.178 e. The molecule has 0 bridgehead atoms. The predicted octanol–water partition coefficient (Wildman–Crippen LogP) is 2.47. The van der Waals surface area contributed by atoms with E-state index in [-0.39, 0.29) is 18.0 Å². The highest BCUT2D eigenvalue weighted by molar-refractivity contribution is 6.09. The van der Waals surface area contributed by atoms with Crippen molar-refractivity contribution in [2.24, 2.45) is 0 Å². The van der Waals surface area contributed by atoms with Gasteiger partial charge in [0.05, 0.1) is 25.9 Å². The van der Waals surface area contributed by atoms with Crippen molar-refractivity contribution < 1.29 is 14.3 Å². The van der Waals surface area contributed by atoms with Gasteiger partial charge >= 0.3 is 0 Å². The highest BCUT2D eigenvalue weighted by Crippen LogP contribution is 2.24. The molecule has 2 atom stereocenters. The number of hydrogen-bond donors (Lipinski definition) is 1. The van der Waals surface area contributed by atoms with Crippen molar-refractivity contribution in [3.05, 3.63) is 30.0 Å². The van der Waals surface area contributed by atoms with E-state index in [4.69, 9.17) is 9.47 Å². The Bertz CT molecular complexity index is 670. The van der Waals surface area contributed by atoms with Crippen LogP contribution in [0.2, 0.25) is 0 Å². The number of methoxy groups -OCH3 is 1. The summed E-state index contributed by atoms with van der Waals surface area (Å²) in [4.78, 5) is 17.9. The van der Waals surface area contributed by atoms with E-state index in [9.17, 15) is 4.79 Å². The molecule has 1 fully saturated rings. The first-order chi connectivity index (χ1) is 10.6. The summed E-state index contributed by atoms with van der Waals surface area (Å²) in [5.41, 5.74) is 1.66. The van der Waals surface area contributed by atoms with Crippen molar-refractivity contribution in [3.8, 4) is 5.75 Å². The minimum absolute atomic E-state index is 0.137. The molecular formula is C17H22N2O3. The first-order valence-corrected chi connectivity index (χ1v) is 7.63. The van der Waals surface area contributed by atoms with Gasteiger partial charge in [0.2, 0.25) is 0 Å². The van der Waals surface area contributed by atoms with Crippen LogP contribution in [0.3, 0.4) is 0 Å². The van der Waals surface area contributed by atoms with Crippen LogP contribution in [0.5, 0.6) is 5.75 Å². The van der Waals surface area contributed by atoms with E-state index in [2.05, 4.69) is 9.88 Å². The largest absolute Gasteiger partial charge is 0.497 e. The Balaban J connectivity index is 1.77. The number of Topliss-reactive ketones (excluding diaryl/α,β-unsaturated/α-hetero) is 1. The van der Waals surface area contributed by atoms with Gasteiger partial charge < -0.3 is 14.5 Å². The summed E-state index contributed by atoms with van der Waals surface area (Å²) in [6.07, 6.45) is 2.13. The van der Waals surface area contributed by atoms with Gasteiger partial charge in [0.1, 0.15) is 5.75 Å². The molecule has 0 radical (unpaired) electrons. The van der Waals surface area contributed by atoms with Crippen molar-refractivity contribution in [2.45, 2.75) is 26.1 Å². The minimum Gasteiger partial charge on any atom is -0.497 e. The second-order valence-corrected chi connectivity index (χ2v) is 5.99. The van der Waals surface area contributed by atoms with Gasteiger partial charge in [0.15, 0.2) is 5.78 Å². The molecule has 0 aliphatic carbocycles. The number of carbonyl (C=O) groups is 1. The number of aromatic amines is 1. The van der Waals surface area contributed by atoms with Gasteiger partial charge in [-0.1, -0.05) is 0 Å². The molecule has 2 aromatic rings. The number of rotatable bonds is 4. The zero-order chi connectivity index (χ0) is 15.7. The summed E-state index contributed by atoms with van der Waals surface area (Å²) in [6, 6.07) is 5.72. The van der Waals surface area contributed by atoms with Crippen LogP contribution in [-0.2, 0) is 4.74 Å². The maximum Gasteiger partial charge on any atom is 0.178 e. The van der Waals surface area contributed by atoms with Crippen LogP contribution in [0.25, 0.3) is 10.9 Å². The molecule has 1 N–H and O–H groups in total. The van der Waals surface area contributed by atoms with Crippen LogP contribution in [0, 0.1) is 0 Å². The molecule has 1 aliphatic rings. The van der Waals surface area contributed by atoms with Gasteiger partial charge in [-0.25, -0.2) is 0 Å². The van der Waals surface area contributed by atoms with Crippen molar-refractivity contribution in [3.63, 3.8) is 0 Å². The highest BCUT2D eigenvalue weighted by atomic mass is 16.5. The molecular weight excluding hydrogens is 280 g/mol. The lowest BCUT2D eigenvalue weighted by Crippen LogP contribution is -2.47. The first-order valence-electron chi connectivity index (χ1n) is 7.63. The average molecular weight is 302 g/mol.